The Morgan fingerprint density at radius 3 is 2.78 bits per heavy atom. The van der Waals surface area contributed by atoms with Crippen LogP contribution >= 0.6 is 0 Å². The van der Waals surface area contributed by atoms with E-state index in [1.165, 1.54) is 12.1 Å². The molecule has 1 aliphatic rings. The first-order valence-corrected chi connectivity index (χ1v) is 7.47. The van der Waals surface area contributed by atoms with Gasteiger partial charge in [0.2, 0.25) is 0 Å². The maximum absolute atomic E-state index is 13.6. The molecule has 6 nitrogen and oxygen atoms in total. The molecule has 0 saturated carbocycles. The summed E-state index contributed by atoms with van der Waals surface area (Å²) < 4.78 is 28.5. The van der Waals surface area contributed by atoms with E-state index in [2.05, 4.69) is 15.6 Å². The minimum Gasteiger partial charge on any atom is -0.325 e. The van der Waals surface area contributed by atoms with Crippen molar-refractivity contribution >= 4 is 11.7 Å². The Balaban J connectivity index is 1.53. The highest BCUT2D eigenvalue weighted by molar-refractivity contribution is 5.89. The van der Waals surface area contributed by atoms with E-state index in [-0.39, 0.29) is 5.69 Å². The van der Waals surface area contributed by atoms with Crippen molar-refractivity contribution in [1.82, 2.24) is 19.9 Å². The Morgan fingerprint density at radius 1 is 1.30 bits per heavy atom. The first kappa shape index (κ1) is 15.4. The van der Waals surface area contributed by atoms with Gasteiger partial charge >= 0.3 is 6.03 Å². The monoisotopic (exact) mass is 321 g/mol. The molecule has 1 N–H and O–H groups in total. The summed E-state index contributed by atoms with van der Waals surface area (Å²) in [6.45, 7) is 1.91. The molecule has 0 aliphatic carbocycles. The predicted octanol–water partition coefficient (Wildman–Crippen LogP) is 2.50. The van der Waals surface area contributed by atoms with Crippen molar-refractivity contribution in [3.05, 3.63) is 42.2 Å². The molecule has 2 amide bonds. The molecule has 0 unspecified atom stereocenters. The molecule has 1 aliphatic heterocycles. The van der Waals surface area contributed by atoms with Gasteiger partial charge in [0, 0.05) is 25.8 Å². The zero-order valence-electron chi connectivity index (χ0n) is 12.5. The standard InChI is InChI=1S/C15H17F2N5O/c16-12-2-1-3-13(14(12)17)19-15(23)21-7-4-11(5-8-21)10-22-9-6-18-20-22/h1-3,6,9,11H,4-5,7-8,10H2,(H,19,23). The number of piperidine rings is 1. The second-order valence-electron chi connectivity index (χ2n) is 5.59. The van der Waals surface area contributed by atoms with Crippen LogP contribution in [0.3, 0.4) is 0 Å². The van der Waals surface area contributed by atoms with Gasteiger partial charge in [-0.1, -0.05) is 11.3 Å². The minimum atomic E-state index is -1.04. The average molecular weight is 321 g/mol. The largest absolute Gasteiger partial charge is 0.325 e. The van der Waals surface area contributed by atoms with Gasteiger partial charge in [-0.05, 0) is 30.9 Å². The second kappa shape index (κ2) is 6.72. The predicted molar refractivity (Wildman–Crippen MR) is 79.7 cm³/mol. The van der Waals surface area contributed by atoms with E-state index in [4.69, 9.17) is 0 Å². The highest BCUT2D eigenvalue weighted by Crippen LogP contribution is 2.21. The fourth-order valence-corrected chi connectivity index (χ4v) is 2.71. The summed E-state index contributed by atoms with van der Waals surface area (Å²) in [5, 5.41) is 10.1. The third-order valence-electron chi connectivity index (χ3n) is 4.01. The third-order valence-corrected chi connectivity index (χ3v) is 4.01. The molecule has 23 heavy (non-hydrogen) atoms. The van der Waals surface area contributed by atoms with E-state index < -0.39 is 17.7 Å². The van der Waals surface area contributed by atoms with Crippen LogP contribution in [0.1, 0.15) is 12.8 Å². The van der Waals surface area contributed by atoms with E-state index in [9.17, 15) is 13.6 Å². The van der Waals surface area contributed by atoms with Crippen LogP contribution < -0.4 is 5.32 Å². The van der Waals surface area contributed by atoms with Crippen molar-refractivity contribution < 1.29 is 13.6 Å². The van der Waals surface area contributed by atoms with Crippen LogP contribution in [-0.2, 0) is 6.54 Å². The summed E-state index contributed by atoms with van der Waals surface area (Å²) in [5.41, 5.74) is -0.139. The minimum absolute atomic E-state index is 0.139. The molecular weight excluding hydrogens is 304 g/mol. The van der Waals surface area contributed by atoms with Crippen LogP contribution in [0.2, 0.25) is 0 Å². The number of benzene rings is 1. The number of nitrogens with one attached hydrogen (secondary N) is 1. The van der Waals surface area contributed by atoms with Crippen LogP contribution in [0.5, 0.6) is 0 Å². The van der Waals surface area contributed by atoms with Crippen LogP contribution in [0, 0.1) is 17.6 Å². The van der Waals surface area contributed by atoms with Gasteiger partial charge in [-0.25, -0.2) is 13.6 Å². The zero-order valence-corrected chi connectivity index (χ0v) is 12.5. The topological polar surface area (TPSA) is 63.1 Å². The molecule has 2 heterocycles. The van der Waals surface area contributed by atoms with Gasteiger partial charge in [0.1, 0.15) is 0 Å². The highest BCUT2D eigenvalue weighted by atomic mass is 19.2. The summed E-state index contributed by atoms with van der Waals surface area (Å²) in [7, 11) is 0. The Labute approximate surface area is 132 Å². The van der Waals surface area contributed by atoms with Crippen LogP contribution in [0.15, 0.2) is 30.6 Å². The van der Waals surface area contributed by atoms with E-state index >= 15 is 0 Å². The number of nitrogens with zero attached hydrogens (tertiary/aromatic N) is 4. The second-order valence-corrected chi connectivity index (χ2v) is 5.59. The lowest BCUT2D eigenvalue weighted by atomic mass is 9.97. The SMILES string of the molecule is O=C(Nc1cccc(F)c1F)N1CCC(Cn2ccnn2)CC1. The number of carbonyl (C=O) groups excluding carboxylic acids is 1. The third kappa shape index (κ3) is 3.64. The summed E-state index contributed by atoms with van der Waals surface area (Å²) in [6.07, 6.45) is 5.11. The average Bonchev–Trinajstić information content (AvgIpc) is 3.05. The molecule has 0 atom stereocenters. The molecule has 2 aromatic rings. The van der Waals surface area contributed by atoms with Crippen LogP contribution in [0.4, 0.5) is 19.3 Å². The lowest BCUT2D eigenvalue weighted by molar-refractivity contribution is 0.175. The van der Waals surface area contributed by atoms with Gasteiger partial charge < -0.3 is 10.2 Å². The van der Waals surface area contributed by atoms with Crippen molar-refractivity contribution in [3.8, 4) is 0 Å². The van der Waals surface area contributed by atoms with Crippen molar-refractivity contribution in [1.29, 1.82) is 0 Å². The van der Waals surface area contributed by atoms with E-state index in [1.54, 1.807) is 15.8 Å². The smallest absolute Gasteiger partial charge is 0.321 e. The van der Waals surface area contributed by atoms with Crippen LogP contribution in [-0.4, -0.2) is 39.0 Å². The van der Waals surface area contributed by atoms with Crippen molar-refractivity contribution in [3.63, 3.8) is 0 Å². The van der Waals surface area contributed by atoms with Gasteiger partial charge in [-0.2, -0.15) is 0 Å². The van der Waals surface area contributed by atoms with Crippen molar-refractivity contribution in [2.24, 2.45) is 5.92 Å². The summed E-state index contributed by atoms with van der Waals surface area (Å²) in [4.78, 5) is 13.8. The molecule has 0 spiro atoms. The highest BCUT2D eigenvalue weighted by Gasteiger charge is 2.24. The summed E-state index contributed by atoms with van der Waals surface area (Å²) in [5.74, 6) is -1.59. The normalized spacial score (nSPS) is 15.7. The molecule has 1 aromatic carbocycles. The Bertz CT molecular complexity index is 669. The lowest BCUT2D eigenvalue weighted by Crippen LogP contribution is -2.41. The quantitative estimate of drug-likeness (QED) is 0.945. The number of anilines is 1. The Hall–Kier alpha value is -2.51. The van der Waals surface area contributed by atoms with Gasteiger partial charge in [-0.15, -0.1) is 5.10 Å². The number of hydrogen-bond acceptors (Lipinski definition) is 3. The molecular formula is C15H17F2N5O. The first-order chi connectivity index (χ1) is 11.1. The number of halogens is 2. The Morgan fingerprint density at radius 2 is 2.09 bits per heavy atom. The fourth-order valence-electron chi connectivity index (χ4n) is 2.71. The molecule has 8 heteroatoms. The molecule has 0 radical (unpaired) electrons. The lowest BCUT2D eigenvalue weighted by Gasteiger charge is -2.31. The number of urea groups is 1. The van der Waals surface area contributed by atoms with E-state index in [1.807, 2.05) is 6.20 Å². The van der Waals surface area contributed by atoms with E-state index in [0.29, 0.717) is 19.0 Å². The van der Waals surface area contributed by atoms with Gasteiger partial charge in [0.15, 0.2) is 11.6 Å². The fraction of sp³-hybridized carbons (Fsp3) is 0.400. The van der Waals surface area contributed by atoms with Gasteiger partial charge in [-0.3, -0.25) is 4.68 Å². The van der Waals surface area contributed by atoms with E-state index in [0.717, 1.165) is 25.5 Å². The number of aromatic nitrogens is 3. The molecule has 1 saturated heterocycles. The summed E-state index contributed by atoms with van der Waals surface area (Å²) in [6, 6.07) is 3.31. The molecule has 122 valence electrons. The number of rotatable bonds is 3. The van der Waals surface area contributed by atoms with Crippen LogP contribution in [0.25, 0.3) is 0 Å². The number of hydrogen-bond donors (Lipinski definition) is 1. The van der Waals surface area contributed by atoms with Gasteiger partial charge in [0.25, 0.3) is 0 Å². The van der Waals surface area contributed by atoms with Gasteiger partial charge in [0.05, 0.1) is 11.9 Å². The molecule has 1 aromatic heterocycles. The summed E-state index contributed by atoms with van der Waals surface area (Å²) >= 11 is 0. The zero-order chi connectivity index (χ0) is 16.2. The maximum Gasteiger partial charge on any atom is 0.321 e. The molecule has 1 fully saturated rings. The first-order valence-electron chi connectivity index (χ1n) is 7.47. The van der Waals surface area contributed by atoms with Crippen molar-refractivity contribution in [2.75, 3.05) is 18.4 Å². The number of amides is 2. The number of carbonyl (C=O) groups is 1. The molecule has 3 rings (SSSR count). The molecule has 0 bridgehead atoms. The van der Waals surface area contributed by atoms with Crippen molar-refractivity contribution in [2.45, 2.75) is 19.4 Å². The Kier molecular flexibility index (Phi) is 4.50. The maximum atomic E-state index is 13.6. The number of likely N-dealkylation sites (tertiary alicyclic amines) is 1.